The minimum Gasteiger partial charge on any atom is -0.432 e. The number of aromatic nitrogens is 7. The largest absolute Gasteiger partial charge is 0.432 e. The molecule has 1 aromatic carbocycles. The van der Waals surface area contributed by atoms with Gasteiger partial charge in [0.2, 0.25) is 0 Å². The van der Waals surface area contributed by atoms with Crippen molar-refractivity contribution in [1.82, 2.24) is 32.7 Å². The molecule has 141 heavy (non-hydrogen) atoms. The molecule has 30 atom stereocenters. The molecular formula is C125H153N7O7S2. The Hall–Kier alpha value is -8.06. The topological polar surface area (TPSA) is 192 Å². The first-order valence-electron chi connectivity index (χ1n) is 55.8. The van der Waals surface area contributed by atoms with Crippen LogP contribution in [0, 0.1) is 143 Å². The minimum absolute atomic E-state index is 0.103. The van der Waals surface area contributed by atoms with Crippen LogP contribution in [0.25, 0.3) is 49.6 Å². The Kier molecular flexibility index (Phi) is 22.4. The van der Waals surface area contributed by atoms with Crippen molar-refractivity contribution in [2.45, 2.75) is 324 Å². The maximum absolute atomic E-state index is 10.2. The number of aliphatic hydroxyl groups is 5. The number of oxazole rings is 1. The molecule has 0 spiro atoms. The Balaban J connectivity index is 0.0000000905. The van der Waals surface area contributed by atoms with Crippen LogP contribution in [-0.2, 0) is 0 Å². The van der Waals surface area contributed by atoms with Gasteiger partial charge in [0.15, 0.2) is 10.6 Å². The van der Waals surface area contributed by atoms with Crippen LogP contribution in [0.15, 0.2) is 229 Å². The van der Waals surface area contributed by atoms with Gasteiger partial charge in [-0.15, -0.1) is 11.3 Å². The summed E-state index contributed by atoms with van der Waals surface area (Å²) in [6.07, 6.45) is 90.2. The molecule has 7 aromatic heterocycles. The fourth-order valence-electron chi connectivity index (χ4n) is 38.2. The molecule has 22 aliphatic carbocycles. The second-order valence-electron chi connectivity index (χ2n) is 51.6. The van der Waals surface area contributed by atoms with Crippen molar-refractivity contribution in [1.29, 1.82) is 0 Å². The van der Waals surface area contributed by atoms with Gasteiger partial charge in [0.05, 0.1) is 70.9 Å². The van der Waals surface area contributed by atoms with Crippen LogP contribution < -0.4 is 0 Å². The fraction of sp³-hybridized carbons (Fsp3) is 0.600. The van der Waals surface area contributed by atoms with Crippen LogP contribution in [0.5, 0.6) is 0 Å². The molecule has 15 unspecified atom stereocenters. The molecule has 30 rings (SSSR count). The van der Waals surface area contributed by atoms with Gasteiger partial charge in [-0.2, -0.15) is 8.95 Å². The molecule has 0 bridgehead atoms. The molecule has 0 aliphatic heterocycles. The number of hydrogen-bond acceptors (Lipinski definition) is 13. The third-order valence-corrected chi connectivity index (χ3v) is 47.7. The van der Waals surface area contributed by atoms with E-state index in [1.807, 2.05) is 29.2 Å². The normalized spacial score (nSPS) is 43.0. The average molecular weight is 1930 g/mol. The summed E-state index contributed by atoms with van der Waals surface area (Å²) >= 11 is 3.43. The van der Waals surface area contributed by atoms with Crippen molar-refractivity contribution < 1.29 is 34.5 Å². The number of imidazole rings is 3. The van der Waals surface area contributed by atoms with Crippen LogP contribution in [0.2, 0.25) is 0 Å². The smallest absolute Gasteiger partial charge is 0.306 e. The second kappa shape index (κ2) is 34.0. The predicted molar refractivity (Wildman–Crippen MR) is 566 cm³/mol. The molecule has 0 amide bonds. The summed E-state index contributed by atoms with van der Waals surface area (Å²) in [6.45, 7) is 25.2. The molecule has 0 radical (unpaired) electrons. The lowest BCUT2D eigenvalue weighted by Gasteiger charge is -2.57. The molecule has 16 heteroatoms. The molecule has 22 aliphatic rings. The Labute approximate surface area is 843 Å². The van der Waals surface area contributed by atoms with Crippen LogP contribution in [0.1, 0.15) is 316 Å². The standard InChI is InChI=1S/C27H32O.C26H31NOS.2C24H30N2O2.C24H30N2OS/c1-26-14-12-19(28)16-18(26)7-9-22-24-11-10-23(27(24,2)15-13-25(22)26)21-8-6-17-4-3-5-20(17)21;1-25-13-11-17(28)15-16(25)7-8-18-20-9-10-22(26(20,2)14-12-21(18)25)24-19-5-3-4-6-23(19)27-29-24;1-23-10-7-16(27)13-15(23)3-4-17-18-5-6-20(24(18,2)11-8-19(17)23)21-14-25-22-9-12-28-26(21)22;2*1-23-9-7-16(27)13-15(23)3-4-17-18-5-6-20(24(18,2)10-8-19(17)23)21-14-25-22-26(21)11-12-28-22/h3-8,10,19,22,24-25,28H,9,11-16H2,1-2H3;3-7,10,17-18,20-21,28H,8-9,11-15H2,1-2H3;3,6,9,12,14,16-19,27H,4-5,7-8,10-11,13H2,1-2H3;2*3,6,11-12,14,16-19,27H,4-5,7-10,13H2,1-2H3/t19-,22?,24?,25?,26-,27+;17-,18?,20?,21?,25-,26-;3*16-,17?,18?,19?,23-,24-/m00000/s1. The van der Waals surface area contributed by atoms with Gasteiger partial charge in [0.25, 0.3) is 0 Å². The van der Waals surface area contributed by atoms with Crippen molar-refractivity contribution >= 4 is 72.5 Å². The molecule has 10 saturated carbocycles. The van der Waals surface area contributed by atoms with Crippen LogP contribution in [-0.4, -0.2) is 88.8 Å². The molecule has 742 valence electrons. The van der Waals surface area contributed by atoms with Gasteiger partial charge < -0.3 is 34.5 Å². The number of aliphatic hydroxyl groups excluding tert-OH is 5. The zero-order chi connectivity index (χ0) is 96.2. The van der Waals surface area contributed by atoms with Gasteiger partial charge in [0, 0.05) is 29.2 Å². The molecule has 10 fully saturated rings. The number of rotatable bonds is 5. The highest BCUT2D eigenvalue weighted by Gasteiger charge is 2.65. The molecule has 5 N–H and O–H groups in total. The van der Waals surface area contributed by atoms with E-state index in [9.17, 15) is 25.5 Å². The first-order valence-corrected chi connectivity index (χ1v) is 57.5. The lowest BCUT2D eigenvalue weighted by molar-refractivity contribution is -0.0287. The third kappa shape index (κ3) is 14.1. The minimum atomic E-state index is -0.123. The maximum Gasteiger partial charge on any atom is 0.306 e. The van der Waals surface area contributed by atoms with Gasteiger partial charge in [-0.3, -0.25) is 8.80 Å². The second-order valence-corrected chi connectivity index (χ2v) is 53.2. The molecule has 0 saturated heterocycles. The highest BCUT2D eigenvalue weighted by Crippen LogP contribution is 2.74. The van der Waals surface area contributed by atoms with E-state index in [1.165, 1.54) is 197 Å². The van der Waals surface area contributed by atoms with Crippen LogP contribution in [0.4, 0.5) is 0 Å². The number of thiazole rings is 1. The van der Waals surface area contributed by atoms with E-state index in [0.717, 1.165) is 176 Å². The summed E-state index contributed by atoms with van der Waals surface area (Å²) < 4.78 is 22.2. The fourth-order valence-corrected chi connectivity index (χ4v) is 39.9. The zero-order valence-electron chi connectivity index (χ0n) is 85.5. The van der Waals surface area contributed by atoms with E-state index in [-0.39, 0.29) is 52.2 Å². The molecule has 14 nitrogen and oxygen atoms in total. The van der Waals surface area contributed by atoms with Gasteiger partial charge in [-0.25, -0.2) is 15.0 Å². The third-order valence-electron chi connectivity index (χ3n) is 46.0. The first-order chi connectivity index (χ1) is 68.0. The number of fused-ring (bicyclic) bond motifs is 30. The van der Waals surface area contributed by atoms with Gasteiger partial charge in [-0.1, -0.05) is 206 Å². The first kappa shape index (κ1) is 92.8. The molecular weight excluding hydrogens is 1780 g/mol. The Morgan fingerprint density at radius 2 is 0.745 bits per heavy atom. The van der Waals surface area contributed by atoms with Gasteiger partial charge in [0.1, 0.15) is 18.2 Å². The van der Waals surface area contributed by atoms with Crippen molar-refractivity contribution in [3.8, 4) is 0 Å². The zero-order valence-corrected chi connectivity index (χ0v) is 87.1. The number of nitrogens with zero attached hydrogens (tertiary/aromatic N) is 7. The predicted octanol–water partition coefficient (Wildman–Crippen LogP) is 29.0. The van der Waals surface area contributed by atoms with Gasteiger partial charge in [-0.05, 0) is 430 Å². The highest BCUT2D eigenvalue weighted by atomic mass is 32.1. The monoisotopic (exact) mass is 1930 g/mol. The lowest BCUT2D eigenvalue weighted by Crippen LogP contribution is -2.50. The molecule has 7 heterocycles. The summed E-state index contributed by atoms with van der Waals surface area (Å²) in [6, 6.07) is 10.6. The number of hydrogen-bond donors (Lipinski definition) is 5. The SMILES string of the molecule is C[C@]12CC[C@H](O)CC1=CCC1C2CC[C@]2(C)C(C3=CC=C4C=CC=C43)=CCC12.C[C@]12CC[C@H](O)CC1=CCC1C2CC[C@]2(C)C(c3cnc4ccon34)=CCC12.C[C@]12CC[C@H](O)CC1=CCC1C2CC[C@]2(C)C(c3cnc4occn34)=CCC12.C[C@]12CC[C@H](O)CC1=CCC1C2CC[C@]2(C)C(c3cnc4sccn34)=CCC12.C[C@]12CC[C@H](O)CC1=CCC1C2CC[C@]2(C)C(c3snc4ccccc34)=CCC12. The quantitative estimate of drug-likeness (QED) is 0.103. The summed E-state index contributed by atoms with van der Waals surface area (Å²) in [7, 11) is 0. The Bertz CT molecular complexity index is 6430. The Morgan fingerprint density at radius 3 is 1.21 bits per heavy atom. The van der Waals surface area contributed by atoms with E-state index in [2.05, 4.69) is 226 Å². The van der Waals surface area contributed by atoms with E-state index in [1.54, 1.807) is 80.0 Å². The van der Waals surface area contributed by atoms with Crippen molar-refractivity contribution in [2.75, 3.05) is 0 Å². The Morgan fingerprint density at radius 1 is 0.355 bits per heavy atom. The van der Waals surface area contributed by atoms with E-state index < -0.39 is 0 Å². The molecule has 8 aromatic rings. The number of allylic oxidation sites excluding steroid dienone is 23. The van der Waals surface area contributed by atoms with Crippen molar-refractivity contribution in [2.24, 2.45) is 143 Å². The summed E-state index contributed by atoms with van der Waals surface area (Å²) in [5.74, 6) is 12.2. The summed E-state index contributed by atoms with van der Waals surface area (Å²) in [5, 5.41) is 54.5. The van der Waals surface area contributed by atoms with Gasteiger partial charge >= 0.3 is 5.84 Å². The maximum atomic E-state index is 10.2. The highest BCUT2D eigenvalue weighted by molar-refractivity contribution is 7.15. The van der Waals surface area contributed by atoms with E-state index in [0.29, 0.717) is 50.2 Å². The number of benzene rings is 1. The summed E-state index contributed by atoms with van der Waals surface area (Å²) in [5.41, 5.74) is 28.5. The van der Waals surface area contributed by atoms with E-state index >= 15 is 0 Å². The van der Waals surface area contributed by atoms with Crippen molar-refractivity contribution in [3.05, 3.63) is 242 Å². The summed E-state index contributed by atoms with van der Waals surface area (Å²) in [4.78, 5) is 16.2. The van der Waals surface area contributed by atoms with Crippen LogP contribution >= 0.6 is 22.9 Å². The van der Waals surface area contributed by atoms with Crippen LogP contribution in [0.3, 0.4) is 0 Å². The van der Waals surface area contributed by atoms with Crippen molar-refractivity contribution in [3.63, 3.8) is 0 Å². The van der Waals surface area contributed by atoms with E-state index in [4.69, 9.17) is 13.3 Å². The lowest BCUT2D eigenvalue weighted by atomic mass is 9.47. The average Bonchev–Trinajstić information content (AvgIpc) is 1.51.